The summed E-state index contributed by atoms with van der Waals surface area (Å²) in [6.45, 7) is 7.27. The number of nitrogens with zero attached hydrogens (tertiary/aromatic N) is 2. The number of rotatable bonds is 31. The van der Waals surface area contributed by atoms with Crippen LogP contribution in [0.25, 0.3) is 0 Å². The molecule has 0 spiro atoms. The van der Waals surface area contributed by atoms with Gasteiger partial charge in [0.2, 0.25) is 18.5 Å². The molecule has 1 saturated carbocycles. The van der Waals surface area contributed by atoms with E-state index in [1.165, 1.54) is 39.2 Å². The van der Waals surface area contributed by atoms with Crippen molar-refractivity contribution >= 4 is 17.9 Å². The van der Waals surface area contributed by atoms with Gasteiger partial charge in [-0.2, -0.15) is 0 Å². The zero-order valence-corrected chi connectivity index (χ0v) is 44.1. The summed E-state index contributed by atoms with van der Waals surface area (Å²) in [5, 5.41) is 25.3. The highest BCUT2D eigenvalue weighted by atomic mass is 16.7. The molecule has 402 valence electrons. The summed E-state index contributed by atoms with van der Waals surface area (Å²) in [6.07, 6.45) is 20.0. The third-order valence-corrected chi connectivity index (χ3v) is 15.4. The molecule has 8 rings (SSSR count). The number of unbranched alkanes of at least 4 members (excludes halogenated alkanes) is 10. The molecule has 4 aliphatic rings. The number of carbonyl (C=O) groups excluding carboxylic acids is 2. The molecule has 4 aromatic rings. The van der Waals surface area contributed by atoms with Crippen LogP contribution in [0.3, 0.4) is 0 Å². The van der Waals surface area contributed by atoms with Gasteiger partial charge in [-0.1, -0.05) is 125 Å². The number of amides is 1. The predicted octanol–water partition coefficient (Wildman–Crippen LogP) is 12.8. The van der Waals surface area contributed by atoms with Crippen molar-refractivity contribution in [2.75, 3.05) is 33.7 Å². The second-order valence-electron chi connectivity index (χ2n) is 20.4. The first-order valence-electron chi connectivity index (χ1n) is 27.6. The Morgan fingerprint density at radius 1 is 0.813 bits per heavy atom. The Hall–Kier alpha value is -6.15. The normalized spacial score (nSPS) is 21.6. The Kier molecular flexibility index (Phi) is 20.3. The van der Waals surface area contributed by atoms with Gasteiger partial charge < -0.3 is 48.4 Å². The van der Waals surface area contributed by atoms with Gasteiger partial charge >= 0.3 is 0 Å². The van der Waals surface area contributed by atoms with Crippen molar-refractivity contribution in [2.45, 2.75) is 147 Å². The standard InChI is InChI=1S/C62H78N2O11/c1-4-6-7-8-9-10-11-12-16-25-59(68)64(40-45-26-29-56-57(35-45)71-43-70-56)58-39-53(63-73-42-44-21-14-13-15-22-44)51-37-46(23-17-19-32-65)50(24-18-20-33-66)60-52-38-49(74-48-27-30-54(69-3)47(36-48)41-67)28-31-55(52)75-62(58,61(51)60)72-34-5-2/h5,13-15,21-22,26-31,35-38,41,46,50,58,60-61,65-66H,2,4,6-12,16-20,23-25,32-34,39-40,42-43H2,1,3H3/t46-,50+,58-,60+,61+,62+/m0/s1. The van der Waals surface area contributed by atoms with Gasteiger partial charge in [-0.15, -0.1) is 6.58 Å². The molecule has 1 fully saturated rings. The number of benzene rings is 4. The number of aliphatic hydroxyl groups excluding tert-OH is 2. The predicted molar refractivity (Wildman–Crippen MR) is 290 cm³/mol. The van der Waals surface area contributed by atoms with Gasteiger partial charge in [0.05, 0.1) is 30.9 Å². The molecule has 1 amide bonds. The van der Waals surface area contributed by atoms with E-state index < -0.39 is 17.7 Å². The minimum absolute atomic E-state index is 0.00136. The first-order valence-corrected chi connectivity index (χ1v) is 27.6. The molecule has 0 aromatic heterocycles. The fraction of sp³-hybridized carbons (Fsp3) is 0.500. The maximum Gasteiger partial charge on any atom is 0.239 e. The van der Waals surface area contributed by atoms with E-state index in [1.807, 2.05) is 71.6 Å². The summed E-state index contributed by atoms with van der Waals surface area (Å²) in [4.78, 5) is 35.9. The topological polar surface area (TPSA) is 155 Å². The van der Waals surface area contributed by atoms with Gasteiger partial charge in [0, 0.05) is 44.1 Å². The largest absolute Gasteiger partial charge is 0.496 e. The molecule has 6 atom stereocenters. The number of aliphatic hydroxyl groups is 2. The summed E-state index contributed by atoms with van der Waals surface area (Å²) in [5.74, 6) is 1.13. The molecule has 0 radical (unpaired) electrons. The van der Waals surface area contributed by atoms with Crippen LogP contribution < -0.4 is 23.7 Å². The average molecular weight is 1030 g/mol. The molecular formula is C62H78N2O11. The van der Waals surface area contributed by atoms with E-state index >= 15 is 4.79 Å². The Bertz CT molecular complexity index is 2560. The lowest BCUT2D eigenvalue weighted by Gasteiger charge is -2.60. The molecule has 13 nitrogen and oxygen atoms in total. The van der Waals surface area contributed by atoms with Crippen LogP contribution in [0.1, 0.15) is 149 Å². The number of methoxy groups -OCH3 is 1. The van der Waals surface area contributed by atoms with Gasteiger partial charge in [-0.05, 0) is 109 Å². The summed E-state index contributed by atoms with van der Waals surface area (Å²) < 4.78 is 38.5. The van der Waals surface area contributed by atoms with Crippen LogP contribution in [0.4, 0.5) is 0 Å². The zero-order valence-electron chi connectivity index (χ0n) is 44.1. The Morgan fingerprint density at radius 3 is 2.28 bits per heavy atom. The second-order valence-corrected chi connectivity index (χ2v) is 20.4. The van der Waals surface area contributed by atoms with Crippen LogP contribution in [-0.2, 0) is 27.5 Å². The Balaban J connectivity index is 1.27. The number of fused-ring (bicyclic) bond motifs is 3. The average Bonchev–Trinajstić information content (AvgIpc) is 3.94. The van der Waals surface area contributed by atoms with Gasteiger partial charge in [-0.3, -0.25) is 9.59 Å². The molecule has 2 aliphatic heterocycles. The van der Waals surface area contributed by atoms with Crippen molar-refractivity contribution in [2.24, 2.45) is 22.9 Å². The molecular weight excluding hydrogens is 949 g/mol. The summed E-state index contributed by atoms with van der Waals surface area (Å²) in [6, 6.07) is 26.1. The maximum absolute atomic E-state index is 15.5. The van der Waals surface area contributed by atoms with Crippen LogP contribution in [-0.4, -0.2) is 78.6 Å². The molecule has 0 bridgehead atoms. The van der Waals surface area contributed by atoms with E-state index in [1.54, 1.807) is 24.3 Å². The van der Waals surface area contributed by atoms with E-state index in [9.17, 15) is 15.0 Å². The third kappa shape index (κ3) is 13.5. The molecule has 2 aliphatic carbocycles. The summed E-state index contributed by atoms with van der Waals surface area (Å²) in [5.41, 5.74) is 4.79. The molecule has 2 heterocycles. The van der Waals surface area contributed by atoms with Crippen molar-refractivity contribution in [3.8, 4) is 34.5 Å². The zero-order chi connectivity index (χ0) is 52.4. The number of carbonyl (C=O) groups is 2. The van der Waals surface area contributed by atoms with Gasteiger partial charge in [0.15, 0.2) is 17.8 Å². The number of oxime groups is 1. The molecule has 0 unspecified atom stereocenters. The first kappa shape index (κ1) is 55.1. The van der Waals surface area contributed by atoms with E-state index in [-0.39, 0.29) is 69.8 Å². The Labute approximate surface area is 443 Å². The number of hydrogen-bond acceptors (Lipinski definition) is 12. The van der Waals surface area contributed by atoms with Crippen LogP contribution in [0, 0.1) is 17.8 Å². The lowest BCUT2D eigenvalue weighted by atomic mass is 9.55. The van der Waals surface area contributed by atoms with Crippen LogP contribution in [0.15, 0.2) is 114 Å². The van der Waals surface area contributed by atoms with Crippen molar-refractivity contribution in [1.29, 1.82) is 0 Å². The van der Waals surface area contributed by atoms with Crippen LogP contribution >= 0.6 is 0 Å². The quantitative estimate of drug-likeness (QED) is 0.0214. The van der Waals surface area contributed by atoms with Crippen LogP contribution in [0.2, 0.25) is 0 Å². The molecule has 13 heteroatoms. The van der Waals surface area contributed by atoms with E-state index in [2.05, 4.69) is 19.6 Å². The number of hydrogen-bond donors (Lipinski definition) is 2. The number of ether oxygens (including phenoxy) is 6. The molecule has 4 aromatic carbocycles. The third-order valence-electron chi connectivity index (χ3n) is 15.4. The van der Waals surface area contributed by atoms with E-state index in [0.717, 1.165) is 85.6 Å². The highest BCUT2D eigenvalue weighted by molar-refractivity contribution is 6.03. The fourth-order valence-corrected chi connectivity index (χ4v) is 11.8. The Morgan fingerprint density at radius 2 is 1.53 bits per heavy atom. The molecule has 0 saturated heterocycles. The van der Waals surface area contributed by atoms with E-state index in [4.69, 9.17) is 38.4 Å². The summed E-state index contributed by atoms with van der Waals surface area (Å²) >= 11 is 0. The van der Waals surface area contributed by atoms with Gasteiger partial charge in [-0.25, -0.2) is 0 Å². The van der Waals surface area contributed by atoms with Gasteiger partial charge in [0.25, 0.3) is 0 Å². The van der Waals surface area contributed by atoms with Crippen molar-refractivity contribution < 1.29 is 53.1 Å². The number of aldehydes is 1. The minimum Gasteiger partial charge on any atom is -0.496 e. The SMILES string of the molecule is C=CCO[C@@]12Oc3ccc(Oc4ccc(OC)c(C=O)c4)cc3[C@H]3[C@H](CCCCO)[C@@H](CCCCO)C=C(C(=NOCc4ccccc4)C[C@@H]1N(Cc1ccc4c(c1)OCO4)C(=O)CCCCCCCCCCC)[C@H]32. The lowest BCUT2D eigenvalue weighted by molar-refractivity contribution is -0.258. The lowest BCUT2D eigenvalue weighted by Crippen LogP contribution is -2.70. The second kappa shape index (κ2) is 27.6. The molecule has 2 N–H and O–H groups in total. The fourth-order valence-electron chi connectivity index (χ4n) is 11.8. The maximum atomic E-state index is 15.5. The monoisotopic (exact) mass is 1030 g/mol. The highest BCUT2D eigenvalue weighted by Crippen LogP contribution is 2.62. The van der Waals surface area contributed by atoms with Crippen molar-refractivity contribution in [3.63, 3.8) is 0 Å². The molecule has 75 heavy (non-hydrogen) atoms. The van der Waals surface area contributed by atoms with Crippen molar-refractivity contribution in [1.82, 2.24) is 4.90 Å². The summed E-state index contributed by atoms with van der Waals surface area (Å²) in [7, 11) is 1.53. The van der Waals surface area contributed by atoms with Gasteiger partial charge in [0.1, 0.15) is 35.6 Å². The smallest absolute Gasteiger partial charge is 0.239 e. The van der Waals surface area contributed by atoms with Crippen LogP contribution in [0.5, 0.6) is 34.5 Å². The van der Waals surface area contributed by atoms with Crippen molar-refractivity contribution in [3.05, 3.63) is 131 Å². The first-order chi connectivity index (χ1) is 36.8. The highest BCUT2D eigenvalue weighted by Gasteiger charge is 2.65. The van der Waals surface area contributed by atoms with E-state index in [0.29, 0.717) is 59.3 Å². The number of allylic oxidation sites excluding steroid dienone is 1. The minimum atomic E-state index is -1.46.